The number of phenols is 1. The average Bonchev–Trinajstić information content (AvgIpc) is 3.19. The number of ether oxygens (including phenoxy) is 8. The van der Waals surface area contributed by atoms with Crippen molar-refractivity contribution in [1.82, 2.24) is 4.90 Å². The van der Waals surface area contributed by atoms with E-state index in [9.17, 15) is 34.5 Å². The summed E-state index contributed by atoms with van der Waals surface area (Å²) < 4.78 is 48.2. The van der Waals surface area contributed by atoms with Gasteiger partial charge in [-0.15, -0.1) is 0 Å². The van der Waals surface area contributed by atoms with Gasteiger partial charge in [0.15, 0.2) is 30.4 Å². The Morgan fingerprint density at radius 3 is 2.20 bits per heavy atom. The monoisotopic (exact) mass is 825 g/mol. The van der Waals surface area contributed by atoms with Gasteiger partial charge in [0, 0.05) is 54.8 Å². The maximum Gasteiger partial charge on any atom is 0.316 e. The Bertz CT molecular complexity index is 1960. The molecule has 2 aromatic rings. The number of hydrogen-bond acceptors (Lipinski definition) is 16. The molecule has 322 valence electrons. The Labute approximate surface area is 342 Å². The molecule has 0 bridgehead atoms. The van der Waals surface area contributed by atoms with Crippen LogP contribution in [0.1, 0.15) is 121 Å². The quantitative estimate of drug-likeness (QED) is 0.250. The zero-order chi connectivity index (χ0) is 42.7. The van der Waals surface area contributed by atoms with Crippen molar-refractivity contribution in [3.05, 3.63) is 57.6 Å². The van der Waals surface area contributed by atoms with Crippen LogP contribution in [0.3, 0.4) is 0 Å². The molecule has 3 aliphatic heterocycles. The Hall–Kier alpha value is -3.84. The van der Waals surface area contributed by atoms with Crippen molar-refractivity contribution in [2.45, 2.75) is 145 Å². The molecule has 2 aromatic carbocycles. The molecule has 0 spiro atoms. The number of rotatable bonds is 10. The number of methoxy groups -OCH3 is 2. The lowest BCUT2D eigenvalue weighted by Crippen LogP contribution is -2.58. The number of carbonyl (C=O) groups is 4. The van der Waals surface area contributed by atoms with Gasteiger partial charge in [0.25, 0.3) is 0 Å². The SMILES string of the molecule is CC[C@]1(O)C[C@H](O[C@H]2C[C@@H](N(C)C)[C@H](O[C@H]3C[C@H](O)[C@@H](O[C@H]4CCC(=O)[C@@H](C)O4)[C@H](C)O3)[C@H](C)O2)c2c(cc3c(c2O)C(=O)c2c(OC)cccc2C3=O)[C@@H]1C(=O)OC. The van der Waals surface area contributed by atoms with Crippen molar-refractivity contribution in [2.24, 2.45) is 0 Å². The Kier molecular flexibility index (Phi) is 12.4. The Morgan fingerprint density at radius 2 is 1.58 bits per heavy atom. The van der Waals surface area contributed by atoms with Crippen LogP contribution < -0.4 is 4.74 Å². The van der Waals surface area contributed by atoms with E-state index in [2.05, 4.69) is 0 Å². The van der Waals surface area contributed by atoms with E-state index >= 15 is 0 Å². The van der Waals surface area contributed by atoms with Crippen LogP contribution in [0.15, 0.2) is 24.3 Å². The average molecular weight is 826 g/mol. The molecule has 2 aliphatic carbocycles. The standard InChI is InChI=1S/C43H55NO15/c1-9-43(51)18-29(34-23(36(43)42(50)53-8)15-24-35(39(34)49)38(48)33-22(37(24)47)11-10-12-28(33)52-7)57-31-16-25(44(5)6)40(20(3)55-31)59-32-17-27(46)41(21(4)56-32)58-30-14-13-26(45)19(2)54-30/h10-12,15,19-21,25,27,29-32,36,40-41,46,49,51H,9,13-14,16-18H2,1-8H3/t19-,20+,21+,25-,27+,29+,30+,31+,32+,36-,40-,41+,43+/m1/s1. The molecule has 7 rings (SSSR count). The maximum absolute atomic E-state index is 14.2. The fourth-order valence-electron chi connectivity index (χ4n) is 9.43. The summed E-state index contributed by atoms with van der Waals surface area (Å²) in [5.41, 5.74) is -1.84. The number of hydrogen-bond donors (Lipinski definition) is 3. The van der Waals surface area contributed by atoms with E-state index in [0.29, 0.717) is 12.8 Å². The van der Waals surface area contributed by atoms with Crippen LogP contribution in [-0.2, 0) is 42.7 Å². The number of aromatic hydroxyl groups is 1. The number of carbonyl (C=O) groups excluding carboxylic acids is 4. The normalized spacial score (nSPS) is 35.8. The van der Waals surface area contributed by atoms with Crippen LogP contribution in [0.25, 0.3) is 0 Å². The summed E-state index contributed by atoms with van der Waals surface area (Å²) in [7, 11) is 6.34. The van der Waals surface area contributed by atoms with Crippen LogP contribution in [-0.4, -0.2) is 139 Å². The van der Waals surface area contributed by atoms with Gasteiger partial charge in [-0.2, -0.15) is 0 Å². The number of aliphatic hydroxyl groups excluding tert-OH is 1. The van der Waals surface area contributed by atoms with E-state index in [4.69, 9.17) is 37.9 Å². The summed E-state index contributed by atoms with van der Waals surface area (Å²) in [6.45, 7) is 7.00. The fraction of sp³-hybridized carbons (Fsp3) is 0.628. The van der Waals surface area contributed by atoms with E-state index in [1.807, 2.05) is 25.9 Å². The van der Waals surface area contributed by atoms with Crippen molar-refractivity contribution in [1.29, 1.82) is 0 Å². The van der Waals surface area contributed by atoms with Gasteiger partial charge in [0.05, 0.1) is 55.4 Å². The van der Waals surface area contributed by atoms with Crippen LogP contribution in [0, 0.1) is 0 Å². The Balaban J connectivity index is 1.14. The molecule has 0 amide bonds. The first-order valence-electron chi connectivity index (χ1n) is 20.3. The minimum Gasteiger partial charge on any atom is -0.507 e. The molecule has 59 heavy (non-hydrogen) atoms. The molecule has 0 radical (unpaired) electrons. The van der Waals surface area contributed by atoms with Gasteiger partial charge in [0.2, 0.25) is 5.78 Å². The number of fused-ring (bicyclic) bond motifs is 3. The number of esters is 1. The summed E-state index contributed by atoms with van der Waals surface area (Å²) in [6.07, 6.45) is -6.46. The third-order valence-electron chi connectivity index (χ3n) is 12.6. The number of Topliss-reactive ketones (excluding diaryl/α,β-unsaturated/α-hetero) is 1. The number of likely N-dealkylation sites (N-methyl/N-ethyl adjacent to an activating group) is 1. The van der Waals surface area contributed by atoms with Gasteiger partial charge in [-0.25, -0.2) is 0 Å². The first-order valence-corrected chi connectivity index (χ1v) is 20.3. The molecule has 16 nitrogen and oxygen atoms in total. The lowest BCUT2D eigenvalue weighted by molar-refractivity contribution is -0.324. The minimum atomic E-state index is -1.74. The molecule has 16 heteroatoms. The highest BCUT2D eigenvalue weighted by Gasteiger charge is 2.53. The number of nitrogens with zero attached hydrogens (tertiary/aromatic N) is 1. The van der Waals surface area contributed by atoms with Crippen LogP contribution in [0.4, 0.5) is 0 Å². The third kappa shape index (κ3) is 7.83. The van der Waals surface area contributed by atoms with E-state index in [0.717, 1.165) is 0 Å². The zero-order valence-corrected chi connectivity index (χ0v) is 34.7. The smallest absolute Gasteiger partial charge is 0.316 e. The van der Waals surface area contributed by atoms with Crippen LogP contribution >= 0.6 is 0 Å². The van der Waals surface area contributed by atoms with Crippen LogP contribution in [0.2, 0.25) is 0 Å². The van der Waals surface area contributed by atoms with E-state index in [-0.39, 0.29) is 76.6 Å². The van der Waals surface area contributed by atoms with Crippen molar-refractivity contribution in [3.63, 3.8) is 0 Å². The predicted octanol–water partition coefficient (Wildman–Crippen LogP) is 3.46. The molecule has 0 aromatic heterocycles. The summed E-state index contributed by atoms with van der Waals surface area (Å²) in [4.78, 5) is 55.5. The van der Waals surface area contributed by atoms with Gasteiger partial charge in [-0.3, -0.25) is 19.2 Å². The molecule has 13 atom stereocenters. The molecule has 3 fully saturated rings. The van der Waals surface area contributed by atoms with E-state index < -0.39 is 96.4 Å². The molecule has 0 saturated carbocycles. The first-order chi connectivity index (χ1) is 28.0. The Morgan fingerprint density at radius 1 is 0.898 bits per heavy atom. The topological polar surface area (TPSA) is 206 Å². The van der Waals surface area contributed by atoms with Gasteiger partial charge < -0.3 is 58.1 Å². The predicted molar refractivity (Wildman–Crippen MR) is 206 cm³/mol. The minimum absolute atomic E-state index is 0.00684. The second-order valence-electron chi connectivity index (χ2n) is 16.5. The zero-order valence-electron chi connectivity index (χ0n) is 34.7. The molecule has 0 unspecified atom stereocenters. The lowest BCUT2D eigenvalue weighted by atomic mass is 9.67. The molecule has 3 saturated heterocycles. The number of aliphatic hydroxyl groups is 2. The summed E-state index contributed by atoms with van der Waals surface area (Å²) in [5, 5.41) is 35.4. The molecule has 5 aliphatic rings. The summed E-state index contributed by atoms with van der Waals surface area (Å²) in [5.74, 6) is -3.66. The first kappa shape index (κ1) is 43.3. The second kappa shape index (κ2) is 16.9. The fourth-order valence-corrected chi connectivity index (χ4v) is 9.43. The highest BCUT2D eigenvalue weighted by Crippen LogP contribution is 2.54. The van der Waals surface area contributed by atoms with Crippen molar-refractivity contribution < 1.29 is 72.4 Å². The largest absolute Gasteiger partial charge is 0.507 e. The lowest BCUT2D eigenvalue weighted by Gasteiger charge is -2.48. The maximum atomic E-state index is 14.2. The molecule has 3 N–H and O–H groups in total. The molecular formula is C43H55NO15. The van der Waals surface area contributed by atoms with Crippen molar-refractivity contribution >= 4 is 23.3 Å². The van der Waals surface area contributed by atoms with Gasteiger partial charge in [-0.05, 0) is 59.0 Å². The van der Waals surface area contributed by atoms with Gasteiger partial charge in [-0.1, -0.05) is 19.1 Å². The van der Waals surface area contributed by atoms with Crippen molar-refractivity contribution in [3.8, 4) is 11.5 Å². The van der Waals surface area contributed by atoms with Crippen LogP contribution in [0.5, 0.6) is 11.5 Å². The van der Waals surface area contributed by atoms with E-state index in [1.165, 1.54) is 26.4 Å². The molecule has 3 heterocycles. The van der Waals surface area contributed by atoms with Gasteiger partial charge >= 0.3 is 5.97 Å². The number of ketones is 3. The number of phenolic OH excluding ortho intramolecular Hbond substituents is 1. The van der Waals surface area contributed by atoms with E-state index in [1.54, 1.807) is 32.9 Å². The molecular weight excluding hydrogens is 770 g/mol. The number of benzene rings is 2. The van der Waals surface area contributed by atoms with Crippen molar-refractivity contribution in [2.75, 3.05) is 28.3 Å². The van der Waals surface area contributed by atoms with Gasteiger partial charge in [0.1, 0.15) is 35.7 Å². The highest BCUT2D eigenvalue weighted by atomic mass is 16.7. The summed E-state index contributed by atoms with van der Waals surface area (Å²) >= 11 is 0. The second-order valence-corrected chi connectivity index (χ2v) is 16.5. The third-order valence-corrected chi connectivity index (χ3v) is 12.6. The summed E-state index contributed by atoms with van der Waals surface area (Å²) in [6, 6.07) is 5.70. The highest BCUT2D eigenvalue weighted by molar-refractivity contribution is 6.30.